The summed E-state index contributed by atoms with van der Waals surface area (Å²) in [7, 11) is 0. The predicted molar refractivity (Wildman–Crippen MR) is 82.7 cm³/mol. The third-order valence-electron chi connectivity index (χ3n) is 2.79. The van der Waals surface area contributed by atoms with Gasteiger partial charge in [-0.1, -0.05) is 34.1 Å². The number of rotatable bonds is 5. The average Bonchev–Trinajstić information content (AvgIpc) is 2.52. The summed E-state index contributed by atoms with van der Waals surface area (Å²) in [5, 5.41) is 2.38. The lowest BCUT2D eigenvalue weighted by atomic mass is 10.2. The quantitative estimate of drug-likeness (QED) is 0.828. The molecule has 2 aromatic rings. The van der Waals surface area contributed by atoms with Crippen molar-refractivity contribution in [3.8, 4) is 0 Å². The van der Waals surface area contributed by atoms with Crippen molar-refractivity contribution in [2.75, 3.05) is 6.54 Å². The minimum absolute atomic E-state index is 0.127. The van der Waals surface area contributed by atoms with E-state index < -0.39 is 17.7 Å². The van der Waals surface area contributed by atoms with E-state index in [9.17, 15) is 14.0 Å². The van der Waals surface area contributed by atoms with E-state index in [1.54, 1.807) is 0 Å². The summed E-state index contributed by atoms with van der Waals surface area (Å²) in [5.74, 6) is -1.60. The molecule has 0 aliphatic rings. The first-order chi connectivity index (χ1) is 10.5. The van der Waals surface area contributed by atoms with Crippen molar-refractivity contribution in [1.82, 2.24) is 5.32 Å². The van der Waals surface area contributed by atoms with Crippen molar-refractivity contribution < 1.29 is 18.7 Å². The zero-order valence-corrected chi connectivity index (χ0v) is 13.1. The molecule has 2 rings (SSSR count). The summed E-state index contributed by atoms with van der Waals surface area (Å²) in [6, 6.07) is 12.6. The summed E-state index contributed by atoms with van der Waals surface area (Å²) in [4.78, 5) is 23.3. The third-order valence-corrected chi connectivity index (χ3v) is 3.32. The molecule has 0 aromatic heterocycles. The van der Waals surface area contributed by atoms with Gasteiger partial charge in [0.15, 0.2) is 0 Å². The van der Waals surface area contributed by atoms with Gasteiger partial charge >= 0.3 is 5.97 Å². The highest BCUT2D eigenvalue weighted by molar-refractivity contribution is 9.10. The highest BCUT2D eigenvalue weighted by atomic mass is 79.9. The Morgan fingerprint density at radius 3 is 2.55 bits per heavy atom. The normalized spacial score (nSPS) is 10.1. The molecule has 0 saturated carbocycles. The second-order valence-electron chi connectivity index (χ2n) is 4.48. The Bertz CT molecular complexity index is 673. The van der Waals surface area contributed by atoms with Gasteiger partial charge in [-0.15, -0.1) is 0 Å². The molecule has 0 unspecified atom stereocenters. The van der Waals surface area contributed by atoms with Crippen LogP contribution in [0.5, 0.6) is 0 Å². The van der Waals surface area contributed by atoms with Gasteiger partial charge in [-0.05, 0) is 35.9 Å². The van der Waals surface area contributed by atoms with E-state index >= 15 is 0 Å². The van der Waals surface area contributed by atoms with Crippen LogP contribution in [0, 0.1) is 5.82 Å². The molecular weight excluding hydrogens is 353 g/mol. The molecule has 2 aromatic carbocycles. The van der Waals surface area contributed by atoms with Crippen LogP contribution >= 0.6 is 15.9 Å². The molecule has 0 fully saturated rings. The van der Waals surface area contributed by atoms with Crippen LogP contribution in [-0.2, 0) is 16.1 Å². The van der Waals surface area contributed by atoms with Gasteiger partial charge in [-0.25, -0.2) is 4.39 Å². The Kier molecular flexibility index (Phi) is 5.66. The highest BCUT2D eigenvalue weighted by Gasteiger charge is 2.09. The van der Waals surface area contributed by atoms with Gasteiger partial charge in [0.05, 0.1) is 0 Å². The second-order valence-corrected chi connectivity index (χ2v) is 5.40. The fraction of sp³-hybridized carbons (Fsp3) is 0.125. The molecule has 0 bridgehead atoms. The number of ether oxygens (including phenoxy) is 1. The van der Waals surface area contributed by atoms with Crippen LogP contribution < -0.4 is 5.32 Å². The molecule has 0 aliphatic carbocycles. The molecule has 114 valence electrons. The summed E-state index contributed by atoms with van der Waals surface area (Å²) in [5.41, 5.74) is 0.994. The van der Waals surface area contributed by atoms with Crippen molar-refractivity contribution in [2.24, 2.45) is 0 Å². The van der Waals surface area contributed by atoms with E-state index in [0.717, 1.165) is 16.1 Å². The van der Waals surface area contributed by atoms with Crippen LogP contribution in [-0.4, -0.2) is 18.4 Å². The summed E-state index contributed by atoms with van der Waals surface area (Å²) in [6.07, 6.45) is 0. The van der Waals surface area contributed by atoms with Gasteiger partial charge in [0.1, 0.15) is 19.0 Å². The summed E-state index contributed by atoms with van der Waals surface area (Å²) in [6.45, 7) is -0.145. The number of esters is 1. The van der Waals surface area contributed by atoms with Crippen molar-refractivity contribution in [2.45, 2.75) is 6.61 Å². The first-order valence-electron chi connectivity index (χ1n) is 6.48. The third kappa shape index (κ3) is 4.96. The van der Waals surface area contributed by atoms with Gasteiger partial charge in [0, 0.05) is 10.0 Å². The summed E-state index contributed by atoms with van der Waals surface area (Å²) < 4.78 is 19.0. The van der Waals surface area contributed by atoms with Gasteiger partial charge < -0.3 is 10.1 Å². The summed E-state index contributed by atoms with van der Waals surface area (Å²) >= 11 is 3.31. The standard InChI is InChI=1S/C16H13BrFNO3/c17-13-6-4-11(5-7-13)10-22-15(20)9-19-16(21)12-2-1-3-14(18)8-12/h1-8H,9-10H2,(H,19,21). The molecule has 0 atom stereocenters. The SMILES string of the molecule is O=C(CNC(=O)c1cccc(F)c1)OCc1ccc(Br)cc1. The maximum atomic E-state index is 13.0. The molecule has 4 nitrogen and oxygen atoms in total. The lowest BCUT2D eigenvalue weighted by Crippen LogP contribution is -2.30. The van der Waals surface area contributed by atoms with Crippen molar-refractivity contribution in [3.05, 3.63) is 69.9 Å². The first kappa shape index (κ1) is 16.2. The molecule has 1 N–H and O–H groups in total. The minimum Gasteiger partial charge on any atom is -0.460 e. The molecular formula is C16H13BrFNO3. The number of halogens is 2. The lowest BCUT2D eigenvalue weighted by Gasteiger charge is -2.07. The molecule has 1 amide bonds. The minimum atomic E-state index is -0.562. The molecule has 0 radical (unpaired) electrons. The zero-order chi connectivity index (χ0) is 15.9. The Labute approximate surface area is 135 Å². The number of hydrogen-bond acceptors (Lipinski definition) is 3. The topological polar surface area (TPSA) is 55.4 Å². The number of carbonyl (C=O) groups excluding carboxylic acids is 2. The van der Waals surface area contributed by atoms with Crippen LogP contribution in [0.4, 0.5) is 4.39 Å². The van der Waals surface area contributed by atoms with E-state index in [1.165, 1.54) is 18.2 Å². The molecule has 6 heteroatoms. The molecule has 0 spiro atoms. The van der Waals surface area contributed by atoms with Crippen LogP contribution in [0.3, 0.4) is 0 Å². The zero-order valence-electron chi connectivity index (χ0n) is 11.5. The Balaban J connectivity index is 1.78. The van der Waals surface area contributed by atoms with Gasteiger partial charge in [0.2, 0.25) is 0 Å². The molecule has 0 aliphatic heterocycles. The monoisotopic (exact) mass is 365 g/mol. The number of benzene rings is 2. The first-order valence-corrected chi connectivity index (χ1v) is 7.28. The Hall–Kier alpha value is -2.21. The Morgan fingerprint density at radius 1 is 1.14 bits per heavy atom. The number of hydrogen-bond donors (Lipinski definition) is 1. The highest BCUT2D eigenvalue weighted by Crippen LogP contribution is 2.11. The molecule has 0 saturated heterocycles. The number of amides is 1. The number of carbonyl (C=O) groups is 2. The molecule has 22 heavy (non-hydrogen) atoms. The van der Waals surface area contributed by atoms with Crippen LogP contribution in [0.2, 0.25) is 0 Å². The molecule has 0 heterocycles. The maximum Gasteiger partial charge on any atom is 0.325 e. The van der Waals surface area contributed by atoms with Gasteiger partial charge in [-0.2, -0.15) is 0 Å². The predicted octanol–water partition coefficient (Wildman–Crippen LogP) is 3.06. The van der Waals surface area contributed by atoms with Gasteiger partial charge in [0.25, 0.3) is 5.91 Å². The van der Waals surface area contributed by atoms with E-state index in [0.29, 0.717) is 0 Å². The maximum absolute atomic E-state index is 13.0. The van der Waals surface area contributed by atoms with E-state index in [-0.39, 0.29) is 18.7 Å². The van der Waals surface area contributed by atoms with Crippen molar-refractivity contribution in [3.63, 3.8) is 0 Å². The lowest BCUT2D eigenvalue weighted by molar-refractivity contribution is -0.143. The average molecular weight is 366 g/mol. The van der Waals surface area contributed by atoms with Crippen molar-refractivity contribution in [1.29, 1.82) is 0 Å². The van der Waals surface area contributed by atoms with E-state index in [4.69, 9.17) is 4.74 Å². The number of nitrogens with one attached hydrogen (secondary N) is 1. The van der Waals surface area contributed by atoms with E-state index in [1.807, 2.05) is 24.3 Å². The largest absolute Gasteiger partial charge is 0.460 e. The van der Waals surface area contributed by atoms with Crippen molar-refractivity contribution >= 4 is 27.8 Å². The second kappa shape index (κ2) is 7.70. The smallest absolute Gasteiger partial charge is 0.325 e. The fourth-order valence-corrected chi connectivity index (χ4v) is 1.94. The van der Waals surface area contributed by atoms with Crippen LogP contribution in [0.1, 0.15) is 15.9 Å². The van der Waals surface area contributed by atoms with E-state index in [2.05, 4.69) is 21.2 Å². The van der Waals surface area contributed by atoms with Crippen LogP contribution in [0.25, 0.3) is 0 Å². The fourth-order valence-electron chi connectivity index (χ4n) is 1.68. The Morgan fingerprint density at radius 2 is 1.86 bits per heavy atom. The van der Waals surface area contributed by atoms with Gasteiger partial charge in [-0.3, -0.25) is 9.59 Å². The van der Waals surface area contributed by atoms with Crippen LogP contribution in [0.15, 0.2) is 53.0 Å².